The number of aromatic nitrogens is 6. The van der Waals surface area contributed by atoms with Gasteiger partial charge in [0.05, 0.1) is 5.54 Å². The Morgan fingerprint density at radius 1 is 1.00 bits per heavy atom. The smallest absolute Gasteiger partial charge is 0.422 e. The van der Waals surface area contributed by atoms with Gasteiger partial charge in [-0.05, 0) is 67.6 Å². The summed E-state index contributed by atoms with van der Waals surface area (Å²) in [7, 11) is 0. The van der Waals surface area contributed by atoms with E-state index in [0.29, 0.717) is 36.5 Å². The number of aryl methyl sites for hydroxylation is 1. The molecule has 274 valence electrons. The van der Waals surface area contributed by atoms with Crippen molar-refractivity contribution < 1.29 is 42.2 Å². The number of anilines is 3. The van der Waals surface area contributed by atoms with Gasteiger partial charge in [0.25, 0.3) is 11.8 Å². The Balaban J connectivity index is 1.17. The number of rotatable bonds is 18. The zero-order chi connectivity index (χ0) is 37.3. The van der Waals surface area contributed by atoms with E-state index in [1.54, 1.807) is 12.1 Å². The minimum absolute atomic E-state index is 0.0402. The van der Waals surface area contributed by atoms with E-state index < -0.39 is 53.9 Å². The Kier molecular flexibility index (Phi) is 11.8. The molecule has 0 aliphatic heterocycles. The van der Waals surface area contributed by atoms with Crippen LogP contribution in [0.3, 0.4) is 0 Å². The molecule has 0 spiro atoms. The number of benzene rings is 2. The van der Waals surface area contributed by atoms with Gasteiger partial charge in [-0.3, -0.25) is 19.1 Å². The lowest BCUT2D eigenvalue weighted by atomic mass is 10.1. The van der Waals surface area contributed by atoms with Crippen molar-refractivity contribution in [3.63, 3.8) is 0 Å². The summed E-state index contributed by atoms with van der Waals surface area (Å²) in [6.07, 6.45) is -0.296. The maximum atomic E-state index is 12.9. The quantitative estimate of drug-likeness (QED) is 0.0922. The first-order valence-electron chi connectivity index (χ1n) is 15.8. The lowest BCUT2D eigenvalue weighted by Crippen LogP contribution is -2.43. The summed E-state index contributed by atoms with van der Waals surface area (Å²) < 4.78 is 45.1. The van der Waals surface area contributed by atoms with Gasteiger partial charge in [-0.15, -0.1) is 0 Å². The molecule has 1 atom stereocenters. The Morgan fingerprint density at radius 2 is 1.71 bits per heavy atom. The number of halogens is 4. The van der Waals surface area contributed by atoms with Crippen LogP contribution >= 0.6 is 11.6 Å². The minimum atomic E-state index is -4.64. The van der Waals surface area contributed by atoms with Crippen LogP contribution in [0.15, 0.2) is 61.2 Å². The van der Waals surface area contributed by atoms with Crippen molar-refractivity contribution in [1.29, 1.82) is 0 Å². The number of hydrogen-bond acceptors (Lipinski definition) is 12. The van der Waals surface area contributed by atoms with Crippen molar-refractivity contribution in [2.45, 2.75) is 56.4 Å². The van der Waals surface area contributed by atoms with E-state index >= 15 is 0 Å². The molecule has 16 nitrogen and oxygen atoms in total. The van der Waals surface area contributed by atoms with Crippen molar-refractivity contribution in [3.8, 4) is 6.01 Å². The van der Waals surface area contributed by atoms with Gasteiger partial charge in [-0.25, -0.2) is 9.78 Å². The maximum Gasteiger partial charge on any atom is 0.422 e. The van der Waals surface area contributed by atoms with E-state index in [1.807, 2.05) is 12.1 Å². The first kappa shape index (κ1) is 37.4. The molecule has 1 aliphatic carbocycles. The molecule has 5 N–H and O–H groups in total. The number of ketones is 1. The van der Waals surface area contributed by atoms with Crippen LogP contribution in [-0.4, -0.2) is 83.8 Å². The van der Waals surface area contributed by atoms with Gasteiger partial charge in [0.2, 0.25) is 17.7 Å². The van der Waals surface area contributed by atoms with Crippen LogP contribution in [0.1, 0.15) is 48.0 Å². The average molecular weight is 745 g/mol. The molecule has 20 heteroatoms. The molecular formula is C32H32ClF3N10O6. The van der Waals surface area contributed by atoms with Crippen LogP contribution in [0, 0.1) is 0 Å². The Bertz CT molecular complexity index is 1880. The lowest BCUT2D eigenvalue weighted by Gasteiger charge is -2.19. The first-order valence-corrected chi connectivity index (χ1v) is 16.2. The molecule has 0 radical (unpaired) electrons. The zero-order valence-corrected chi connectivity index (χ0v) is 27.9. The molecule has 5 rings (SSSR count). The third kappa shape index (κ3) is 10.8. The van der Waals surface area contributed by atoms with Crippen molar-refractivity contribution >= 4 is 52.8 Å². The zero-order valence-electron chi connectivity index (χ0n) is 27.2. The SMILES string of the molecule is O=C(CCCn1cncn1)C(=O)NCC[C@H](NC(=O)c1ccc(Nc2nc(NC3(c4ccc(Cl)cc4)CC3)nc(OCC(F)(F)F)n2)cc1)C(=O)O. The predicted molar refractivity (Wildman–Crippen MR) is 178 cm³/mol. The number of carboxylic acids is 1. The van der Waals surface area contributed by atoms with Gasteiger partial charge < -0.3 is 31.1 Å². The fraction of sp³-hybridized carbons (Fsp3) is 0.344. The third-order valence-corrected chi connectivity index (χ3v) is 7.97. The van der Waals surface area contributed by atoms with Gasteiger partial charge in [0.15, 0.2) is 6.61 Å². The second kappa shape index (κ2) is 16.4. The normalized spacial score (nSPS) is 13.8. The van der Waals surface area contributed by atoms with E-state index in [0.717, 1.165) is 5.56 Å². The molecule has 0 saturated heterocycles. The van der Waals surface area contributed by atoms with E-state index in [4.69, 9.17) is 16.3 Å². The highest BCUT2D eigenvalue weighted by atomic mass is 35.5. The molecule has 2 aromatic carbocycles. The van der Waals surface area contributed by atoms with Crippen molar-refractivity contribution in [1.82, 2.24) is 40.3 Å². The number of carbonyl (C=O) groups excluding carboxylic acids is 3. The summed E-state index contributed by atoms with van der Waals surface area (Å²) in [5.74, 6) is -3.83. The number of alkyl halides is 3. The minimum Gasteiger partial charge on any atom is -0.480 e. The molecule has 1 aliphatic rings. The Labute approximate surface area is 298 Å². The number of ether oxygens (including phenoxy) is 1. The molecule has 2 amide bonds. The number of carboxylic acid groups (broad SMARTS) is 1. The molecule has 1 saturated carbocycles. The highest BCUT2D eigenvalue weighted by Crippen LogP contribution is 2.48. The van der Waals surface area contributed by atoms with E-state index in [2.05, 4.69) is 46.3 Å². The van der Waals surface area contributed by atoms with E-state index in [-0.39, 0.29) is 36.8 Å². The van der Waals surface area contributed by atoms with Gasteiger partial charge in [0.1, 0.15) is 18.7 Å². The average Bonchev–Trinajstić information content (AvgIpc) is 3.68. The standard InChI is InChI=1S/C32H32ClF3N10O6/c33-21-7-5-20(6-8-21)31(12-13-31)45-29-42-28(43-30(44-29)52-16-32(34,35)36)40-22-9-3-19(4-10-22)25(48)41-23(27(50)51)11-14-38-26(49)24(47)2-1-15-46-18-37-17-39-46/h3-10,17-18,23H,1-2,11-16H2,(H,38,49)(H,41,48)(H,50,51)(H2,40,42,43,44,45)/t23-/m0/s1. The third-order valence-electron chi connectivity index (χ3n) is 7.71. The Morgan fingerprint density at radius 3 is 2.35 bits per heavy atom. The fourth-order valence-corrected chi connectivity index (χ4v) is 5.02. The summed E-state index contributed by atoms with van der Waals surface area (Å²) in [4.78, 5) is 64.9. The van der Waals surface area contributed by atoms with Gasteiger partial charge in [-0.2, -0.15) is 33.2 Å². The largest absolute Gasteiger partial charge is 0.480 e. The topological polar surface area (TPSA) is 215 Å². The van der Waals surface area contributed by atoms with Crippen LogP contribution in [0.25, 0.3) is 0 Å². The van der Waals surface area contributed by atoms with Crippen LogP contribution in [-0.2, 0) is 26.5 Å². The van der Waals surface area contributed by atoms with Crippen LogP contribution in [0.4, 0.5) is 30.8 Å². The lowest BCUT2D eigenvalue weighted by molar-refractivity contribution is -0.154. The summed E-state index contributed by atoms with van der Waals surface area (Å²) in [5.41, 5.74) is 0.734. The number of Topliss-reactive ketones (excluding diaryl/α,β-unsaturated/α-hetero) is 1. The number of nitrogens with one attached hydrogen (secondary N) is 4. The number of nitrogens with zero attached hydrogens (tertiary/aromatic N) is 6. The maximum absolute atomic E-state index is 12.9. The predicted octanol–water partition coefficient (Wildman–Crippen LogP) is 3.64. The summed E-state index contributed by atoms with van der Waals surface area (Å²) in [6, 6.07) is 10.8. The highest BCUT2D eigenvalue weighted by molar-refractivity contribution is 6.36. The second-order valence-electron chi connectivity index (χ2n) is 11.7. The number of hydrogen-bond donors (Lipinski definition) is 5. The van der Waals surface area contributed by atoms with Crippen molar-refractivity contribution in [2.24, 2.45) is 0 Å². The molecule has 4 aromatic rings. The second-order valence-corrected chi connectivity index (χ2v) is 12.1. The number of amides is 2. The molecule has 0 unspecified atom stereocenters. The van der Waals surface area contributed by atoms with Crippen LogP contribution in [0.5, 0.6) is 6.01 Å². The van der Waals surface area contributed by atoms with E-state index in [1.165, 1.54) is 41.6 Å². The molecular weight excluding hydrogens is 713 g/mol. The first-order chi connectivity index (χ1) is 24.8. The number of aliphatic carboxylic acids is 1. The van der Waals surface area contributed by atoms with Crippen LogP contribution < -0.4 is 26.0 Å². The molecule has 52 heavy (non-hydrogen) atoms. The van der Waals surface area contributed by atoms with Gasteiger partial charge >= 0.3 is 18.2 Å². The highest BCUT2D eigenvalue weighted by Gasteiger charge is 2.45. The van der Waals surface area contributed by atoms with E-state index in [9.17, 15) is 37.5 Å². The van der Waals surface area contributed by atoms with Crippen molar-refractivity contribution in [2.75, 3.05) is 23.8 Å². The fourth-order valence-electron chi connectivity index (χ4n) is 4.90. The van der Waals surface area contributed by atoms with Crippen LogP contribution in [0.2, 0.25) is 5.02 Å². The summed E-state index contributed by atoms with van der Waals surface area (Å²) >= 11 is 6.01. The molecule has 2 heterocycles. The van der Waals surface area contributed by atoms with Crippen molar-refractivity contribution in [3.05, 3.63) is 77.3 Å². The molecule has 0 bridgehead atoms. The van der Waals surface area contributed by atoms with Gasteiger partial charge in [0, 0.05) is 35.8 Å². The molecule has 1 fully saturated rings. The summed E-state index contributed by atoms with van der Waals surface area (Å²) in [5, 5.41) is 24.8. The van der Waals surface area contributed by atoms with Gasteiger partial charge in [-0.1, -0.05) is 23.7 Å². The number of carbonyl (C=O) groups is 4. The Hall–Kier alpha value is -5.85. The summed E-state index contributed by atoms with van der Waals surface area (Å²) in [6.45, 7) is -1.42. The monoisotopic (exact) mass is 744 g/mol. The molecule has 2 aromatic heterocycles.